The Balaban J connectivity index is 1.55. The van der Waals surface area contributed by atoms with E-state index in [9.17, 15) is 9.59 Å². The summed E-state index contributed by atoms with van der Waals surface area (Å²) >= 11 is 6.16. The Labute approximate surface area is 183 Å². The van der Waals surface area contributed by atoms with E-state index in [0.29, 0.717) is 33.4 Å². The molecule has 0 spiro atoms. The quantitative estimate of drug-likeness (QED) is 0.311. The van der Waals surface area contributed by atoms with Gasteiger partial charge in [0.1, 0.15) is 11.5 Å². The monoisotopic (exact) mass is 436 g/mol. The van der Waals surface area contributed by atoms with Crippen LogP contribution in [0.2, 0.25) is 5.02 Å². The molecule has 1 aliphatic rings. The Morgan fingerprint density at radius 1 is 0.968 bits per heavy atom. The SMILES string of the molecule is COc1ccc(C(=O)Oc2ccc3c(c2)O/C(=C\c2ccccc2Cl)C3=O)cc1OC. The summed E-state index contributed by atoms with van der Waals surface area (Å²) in [6.45, 7) is 0. The molecule has 0 fully saturated rings. The Hall–Kier alpha value is -3.77. The third kappa shape index (κ3) is 4.11. The highest BCUT2D eigenvalue weighted by Gasteiger charge is 2.28. The summed E-state index contributed by atoms with van der Waals surface area (Å²) in [5.74, 6) is 0.748. The number of carbonyl (C=O) groups excluding carboxylic acids is 2. The van der Waals surface area contributed by atoms with Gasteiger partial charge in [-0.15, -0.1) is 0 Å². The molecular weight excluding hydrogens is 420 g/mol. The van der Waals surface area contributed by atoms with Crippen LogP contribution in [0.1, 0.15) is 26.3 Å². The number of ketones is 1. The molecule has 0 amide bonds. The highest BCUT2D eigenvalue weighted by Crippen LogP contribution is 2.36. The van der Waals surface area contributed by atoms with Crippen molar-refractivity contribution in [3.63, 3.8) is 0 Å². The minimum Gasteiger partial charge on any atom is -0.493 e. The predicted octanol–water partition coefficient (Wildman–Crippen LogP) is 5.19. The van der Waals surface area contributed by atoms with E-state index in [1.165, 1.54) is 32.4 Å². The Morgan fingerprint density at radius 2 is 1.74 bits per heavy atom. The molecule has 0 atom stereocenters. The summed E-state index contributed by atoms with van der Waals surface area (Å²) in [7, 11) is 2.99. The van der Waals surface area contributed by atoms with Crippen molar-refractivity contribution >= 4 is 29.4 Å². The van der Waals surface area contributed by atoms with Crippen molar-refractivity contribution in [2.24, 2.45) is 0 Å². The molecule has 156 valence electrons. The van der Waals surface area contributed by atoms with Gasteiger partial charge in [-0.25, -0.2) is 4.79 Å². The first-order valence-electron chi connectivity index (χ1n) is 9.27. The Bertz CT molecular complexity index is 1210. The minimum atomic E-state index is -0.586. The van der Waals surface area contributed by atoms with Gasteiger partial charge >= 0.3 is 5.97 Å². The van der Waals surface area contributed by atoms with Crippen LogP contribution < -0.4 is 18.9 Å². The lowest BCUT2D eigenvalue weighted by molar-refractivity contribution is 0.0734. The fourth-order valence-electron chi connectivity index (χ4n) is 3.09. The van der Waals surface area contributed by atoms with E-state index < -0.39 is 5.97 Å². The second-order valence-corrected chi connectivity index (χ2v) is 6.99. The standard InChI is InChI=1S/C24H17ClO6/c1-28-19-10-7-15(12-21(19)29-2)24(27)30-16-8-9-17-20(13-16)31-22(23(17)26)11-14-5-3-4-6-18(14)25/h3-13H,1-2H3/b22-11-. The number of ether oxygens (including phenoxy) is 4. The molecule has 3 aromatic rings. The summed E-state index contributed by atoms with van der Waals surface area (Å²) in [5, 5.41) is 0.506. The number of carbonyl (C=O) groups is 2. The van der Waals surface area contributed by atoms with E-state index in [0.717, 1.165) is 0 Å². The average molecular weight is 437 g/mol. The van der Waals surface area contributed by atoms with Crippen molar-refractivity contribution in [2.75, 3.05) is 14.2 Å². The van der Waals surface area contributed by atoms with Crippen molar-refractivity contribution in [3.05, 3.63) is 88.1 Å². The normalized spacial score (nSPS) is 13.5. The van der Waals surface area contributed by atoms with Crippen molar-refractivity contribution in [2.45, 2.75) is 0 Å². The first-order valence-corrected chi connectivity index (χ1v) is 9.65. The van der Waals surface area contributed by atoms with Gasteiger partial charge in [0.15, 0.2) is 17.3 Å². The molecule has 31 heavy (non-hydrogen) atoms. The number of esters is 1. The summed E-state index contributed by atoms with van der Waals surface area (Å²) < 4.78 is 21.5. The number of fused-ring (bicyclic) bond motifs is 1. The molecule has 4 rings (SSSR count). The van der Waals surface area contributed by atoms with Crippen LogP contribution in [0.25, 0.3) is 6.08 Å². The van der Waals surface area contributed by atoms with E-state index in [-0.39, 0.29) is 22.9 Å². The topological polar surface area (TPSA) is 71.1 Å². The second kappa shape index (κ2) is 8.53. The van der Waals surface area contributed by atoms with Crippen LogP contribution in [0.5, 0.6) is 23.0 Å². The van der Waals surface area contributed by atoms with Crippen LogP contribution >= 0.6 is 11.6 Å². The molecule has 0 aromatic heterocycles. The molecule has 7 heteroatoms. The van der Waals surface area contributed by atoms with Crippen LogP contribution in [0.3, 0.4) is 0 Å². The van der Waals surface area contributed by atoms with E-state index >= 15 is 0 Å². The maximum Gasteiger partial charge on any atom is 0.343 e. The van der Waals surface area contributed by atoms with Gasteiger partial charge in [0, 0.05) is 11.1 Å². The highest BCUT2D eigenvalue weighted by molar-refractivity contribution is 6.32. The number of methoxy groups -OCH3 is 2. The zero-order chi connectivity index (χ0) is 22.0. The molecule has 0 saturated carbocycles. The third-order valence-electron chi connectivity index (χ3n) is 4.66. The second-order valence-electron chi connectivity index (χ2n) is 6.58. The molecule has 3 aromatic carbocycles. The van der Waals surface area contributed by atoms with E-state index in [4.69, 9.17) is 30.5 Å². The minimum absolute atomic E-state index is 0.145. The molecule has 0 N–H and O–H groups in total. The number of rotatable bonds is 5. The van der Waals surface area contributed by atoms with Gasteiger partial charge in [-0.05, 0) is 48.0 Å². The largest absolute Gasteiger partial charge is 0.493 e. The van der Waals surface area contributed by atoms with Gasteiger partial charge in [0.05, 0.1) is 25.3 Å². The third-order valence-corrected chi connectivity index (χ3v) is 5.01. The molecule has 0 unspecified atom stereocenters. The number of halogens is 1. The lowest BCUT2D eigenvalue weighted by Gasteiger charge is -2.10. The van der Waals surface area contributed by atoms with Crippen molar-refractivity contribution < 1.29 is 28.5 Å². The van der Waals surface area contributed by atoms with Crippen molar-refractivity contribution in [1.82, 2.24) is 0 Å². The molecule has 0 aliphatic carbocycles. The lowest BCUT2D eigenvalue weighted by atomic mass is 10.1. The van der Waals surface area contributed by atoms with Crippen LogP contribution in [-0.4, -0.2) is 26.0 Å². The predicted molar refractivity (Wildman–Crippen MR) is 115 cm³/mol. The number of Topliss-reactive ketones (excluding diaryl/α,β-unsaturated/α-hetero) is 1. The van der Waals surface area contributed by atoms with Crippen molar-refractivity contribution in [1.29, 1.82) is 0 Å². The summed E-state index contributed by atoms with van der Waals surface area (Å²) in [4.78, 5) is 25.2. The first-order chi connectivity index (χ1) is 15.0. The molecule has 1 heterocycles. The summed E-state index contributed by atoms with van der Waals surface area (Å²) in [5.41, 5.74) is 1.33. The summed E-state index contributed by atoms with van der Waals surface area (Å²) in [6.07, 6.45) is 1.58. The maximum absolute atomic E-state index is 12.6. The van der Waals surface area contributed by atoms with Gasteiger partial charge in [0.2, 0.25) is 5.78 Å². The molecule has 0 saturated heterocycles. The summed E-state index contributed by atoms with van der Waals surface area (Å²) in [6, 6.07) is 16.4. The van der Waals surface area contributed by atoms with Gasteiger partial charge in [0.25, 0.3) is 0 Å². The Kier molecular flexibility index (Phi) is 5.64. The fourth-order valence-corrected chi connectivity index (χ4v) is 3.28. The van der Waals surface area contributed by atoms with Crippen LogP contribution in [0, 0.1) is 0 Å². The van der Waals surface area contributed by atoms with Gasteiger partial charge in [-0.1, -0.05) is 29.8 Å². The molecular formula is C24H17ClO6. The van der Waals surface area contributed by atoms with Gasteiger partial charge in [-0.3, -0.25) is 4.79 Å². The molecule has 1 aliphatic heterocycles. The van der Waals surface area contributed by atoms with Crippen LogP contribution in [-0.2, 0) is 0 Å². The molecule has 0 radical (unpaired) electrons. The zero-order valence-electron chi connectivity index (χ0n) is 16.7. The number of hydrogen-bond acceptors (Lipinski definition) is 6. The number of allylic oxidation sites excluding steroid dienone is 1. The molecule has 6 nitrogen and oxygen atoms in total. The van der Waals surface area contributed by atoms with Crippen LogP contribution in [0.4, 0.5) is 0 Å². The highest BCUT2D eigenvalue weighted by atomic mass is 35.5. The van der Waals surface area contributed by atoms with E-state index in [1.54, 1.807) is 42.5 Å². The Morgan fingerprint density at radius 3 is 2.48 bits per heavy atom. The average Bonchev–Trinajstić information content (AvgIpc) is 3.09. The van der Waals surface area contributed by atoms with E-state index in [2.05, 4.69) is 0 Å². The smallest absolute Gasteiger partial charge is 0.343 e. The van der Waals surface area contributed by atoms with E-state index in [1.807, 2.05) is 6.07 Å². The van der Waals surface area contributed by atoms with Crippen LogP contribution in [0.15, 0.2) is 66.4 Å². The van der Waals surface area contributed by atoms with Crippen molar-refractivity contribution in [3.8, 4) is 23.0 Å². The van der Waals surface area contributed by atoms with Gasteiger partial charge in [-0.2, -0.15) is 0 Å². The number of hydrogen-bond donors (Lipinski definition) is 0. The van der Waals surface area contributed by atoms with Gasteiger partial charge < -0.3 is 18.9 Å². The molecule has 0 bridgehead atoms. The lowest BCUT2D eigenvalue weighted by Crippen LogP contribution is -2.09. The fraction of sp³-hybridized carbons (Fsp3) is 0.0833. The zero-order valence-corrected chi connectivity index (χ0v) is 17.4. The maximum atomic E-state index is 12.6. The number of benzene rings is 3. The first kappa shape index (κ1) is 20.5.